The Bertz CT molecular complexity index is 351. The average Bonchev–Trinajstić information content (AvgIpc) is 2.56. The van der Waals surface area contributed by atoms with Gasteiger partial charge in [0.15, 0.2) is 0 Å². The summed E-state index contributed by atoms with van der Waals surface area (Å²) in [4.78, 5) is 7.07. The molecule has 2 rings (SSSR count). The second-order valence-electron chi connectivity index (χ2n) is 4.14. The molecule has 82 valence electrons. The summed E-state index contributed by atoms with van der Waals surface area (Å²) in [6.07, 6.45) is 0. The van der Waals surface area contributed by atoms with Gasteiger partial charge >= 0.3 is 0 Å². The molecule has 0 saturated heterocycles. The monoisotopic (exact) mass is 206 g/mol. The van der Waals surface area contributed by atoms with E-state index in [1.807, 2.05) is 0 Å². The lowest BCUT2D eigenvalue weighted by Crippen LogP contribution is -2.20. The van der Waals surface area contributed by atoms with Gasteiger partial charge in [-0.15, -0.1) is 0 Å². The molecule has 1 unspecified atom stereocenters. The molecule has 15 heavy (non-hydrogen) atoms. The maximum atomic E-state index is 5.09. The molecule has 0 fully saturated rings. The number of anilines is 1. The molecule has 0 aliphatic carbocycles. The Labute approximate surface area is 90.8 Å². The molecular weight excluding hydrogens is 188 g/mol. The predicted octanol–water partition coefficient (Wildman–Crippen LogP) is 2.02. The topological polar surface area (TPSA) is 38.5 Å². The third-order valence-electron chi connectivity index (χ3n) is 3.09. The van der Waals surface area contributed by atoms with Crippen LogP contribution in [-0.4, -0.2) is 13.1 Å². The van der Waals surface area contributed by atoms with Crippen LogP contribution < -0.4 is 10.8 Å². The van der Waals surface area contributed by atoms with Gasteiger partial charge in [-0.05, 0) is 24.1 Å². The molecule has 1 aromatic carbocycles. The maximum Gasteiger partial charge on any atom is 0.0930 e. The lowest BCUT2D eigenvalue weighted by atomic mass is 10.0. The first kappa shape index (κ1) is 10.5. The van der Waals surface area contributed by atoms with Crippen molar-refractivity contribution in [2.75, 3.05) is 18.0 Å². The van der Waals surface area contributed by atoms with Crippen molar-refractivity contribution in [2.24, 2.45) is 5.90 Å². The second kappa shape index (κ2) is 4.21. The number of nitrogens with zero attached hydrogens (tertiary/aromatic N) is 1. The molecule has 0 saturated carbocycles. The Kier molecular flexibility index (Phi) is 2.93. The molecule has 1 heterocycles. The van der Waals surface area contributed by atoms with Crippen LogP contribution in [0.1, 0.15) is 30.9 Å². The number of nitrogens with two attached hydrogens (primary N) is 1. The summed E-state index contributed by atoms with van der Waals surface area (Å²) in [7, 11) is 0. The van der Waals surface area contributed by atoms with E-state index in [1.165, 1.54) is 11.3 Å². The van der Waals surface area contributed by atoms with Gasteiger partial charge in [0.25, 0.3) is 0 Å². The molecule has 3 heteroatoms. The Morgan fingerprint density at radius 1 is 1.53 bits per heavy atom. The first-order chi connectivity index (χ1) is 7.26. The molecule has 3 nitrogen and oxygen atoms in total. The Balaban J connectivity index is 2.33. The highest BCUT2D eigenvalue weighted by Gasteiger charge is 2.24. The smallest absolute Gasteiger partial charge is 0.0930 e. The van der Waals surface area contributed by atoms with Crippen molar-refractivity contribution in [3.05, 3.63) is 29.3 Å². The van der Waals surface area contributed by atoms with E-state index >= 15 is 0 Å². The van der Waals surface area contributed by atoms with Gasteiger partial charge in [0, 0.05) is 24.7 Å². The molecule has 0 radical (unpaired) electrons. The quantitative estimate of drug-likeness (QED) is 0.769. The zero-order chi connectivity index (χ0) is 10.8. The fourth-order valence-corrected chi connectivity index (χ4v) is 2.29. The Hall–Kier alpha value is -1.06. The van der Waals surface area contributed by atoms with Crippen LogP contribution in [0.25, 0.3) is 0 Å². The van der Waals surface area contributed by atoms with Gasteiger partial charge in [0.1, 0.15) is 0 Å². The van der Waals surface area contributed by atoms with E-state index in [-0.39, 0.29) is 0 Å². The average molecular weight is 206 g/mol. The molecule has 2 N–H and O–H groups in total. The molecular formula is C12H18N2O. The number of fused-ring (bicyclic) bond motifs is 1. The lowest BCUT2D eigenvalue weighted by molar-refractivity contribution is 0.124. The van der Waals surface area contributed by atoms with E-state index in [2.05, 4.69) is 41.8 Å². The third-order valence-corrected chi connectivity index (χ3v) is 3.09. The third kappa shape index (κ3) is 1.85. The Morgan fingerprint density at radius 2 is 2.33 bits per heavy atom. The van der Waals surface area contributed by atoms with Crippen molar-refractivity contribution in [2.45, 2.75) is 26.4 Å². The van der Waals surface area contributed by atoms with Gasteiger partial charge in [0.2, 0.25) is 0 Å². The molecule has 1 aromatic rings. The van der Waals surface area contributed by atoms with Crippen molar-refractivity contribution in [1.29, 1.82) is 0 Å². The maximum absolute atomic E-state index is 5.09. The molecule has 1 atom stereocenters. The lowest BCUT2D eigenvalue weighted by Gasteiger charge is -2.17. The minimum atomic E-state index is 0.485. The van der Waals surface area contributed by atoms with Crippen LogP contribution in [0.4, 0.5) is 5.69 Å². The van der Waals surface area contributed by atoms with E-state index in [0.717, 1.165) is 18.7 Å². The van der Waals surface area contributed by atoms with Crippen molar-refractivity contribution < 1.29 is 4.84 Å². The van der Waals surface area contributed by atoms with Crippen LogP contribution in [0.5, 0.6) is 0 Å². The van der Waals surface area contributed by atoms with Gasteiger partial charge in [0.05, 0.1) is 6.61 Å². The van der Waals surface area contributed by atoms with E-state index in [9.17, 15) is 0 Å². The van der Waals surface area contributed by atoms with Crippen LogP contribution in [0, 0.1) is 0 Å². The van der Waals surface area contributed by atoms with Gasteiger partial charge in [-0.3, -0.25) is 4.84 Å². The molecule has 0 amide bonds. The molecule has 1 aliphatic heterocycles. The summed E-state index contributed by atoms with van der Waals surface area (Å²) in [5.74, 6) is 5.72. The molecule has 0 spiro atoms. The summed E-state index contributed by atoms with van der Waals surface area (Å²) < 4.78 is 0. The fourth-order valence-electron chi connectivity index (χ4n) is 2.29. The molecule has 0 aromatic heterocycles. The molecule has 0 bridgehead atoms. The van der Waals surface area contributed by atoms with Gasteiger partial charge in [-0.1, -0.05) is 19.1 Å². The number of benzene rings is 1. The van der Waals surface area contributed by atoms with E-state index in [4.69, 9.17) is 5.90 Å². The summed E-state index contributed by atoms with van der Waals surface area (Å²) in [5, 5.41) is 0. The van der Waals surface area contributed by atoms with Crippen molar-refractivity contribution in [3.63, 3.8) is 0 Å². The zero-order valence-corrected chi connectivity index (χ0v) is 9.36. The van der Waals surface area contributed by atoms with Crippen LogP contribution in [0.2, 0.25) is 0 Å². The summed E-state index contributed by atoms with van der Waals surface area (Å²) in [6.45, 7) is 7.13. The SMILES string of the molecule is CCN1CC(C)c2ccc(CON)cc21. The summed E-state index contributed by atoms with van der Waals surface area (Å²) in [6, 6.07) is 6.49. The van der Waals surface area contributed by atoms with E-state index in [1.54, 1.807) is 0 Å². The van der Waals surface area contributed by atoms with E-state index < -0.39 is 0 Å². The highest BCUT2D eigenvalue weighted by Crippen LogP contribution is 2.36. The second-order valence-corrected chi connectivity index (χ2v) is 4.14. The number of hydrogen-bond acceptors (Lipinski definition) is 3. The first-order valence-electron chi connectivity index (χ1n) is 5.45. The van der Waals surface area contributed by atoms with Crippen LogP contribution in [-0.2, 0) is 11.4 Å². The van der Waals surface area contributed by atoms with Crippen LogP contribution in [0.3, 0.4) is 0 Å². The highest BCUT2D eigenvalue weighted by molar-refractivity contribution is 5.61. The van der Waals surface area contributed by atoms with Crippen molar-refractivity contribution in [1.82, 2.24) is 0 Å². The first-order valence-corrected chi connectivity index (χ1v) is 5.45. The van der Waals surface area contributed by atoms with Crippen molar-refractivity contribution in [3.8, 4) is 0 Å². The normalized spacial score (nSPS) is 19.4. The van der Waals surface area contributed by atoms with Gasteiger partial charge in [-0.2, -0.15) is 0 Å². The largest absolute Gasteiger partial charge is 0.371 e. The van der Waals surface area contributed by atoms with Gasteiger partial charge in [-0.25, -0.2) is 5.90 Å². The van der Waals surface area contributed by atoms with E-state index in [0.29, 0.717) is 12.5 Å². The zero-order valence-electron chi connectivity index (χ0n) is 9.36. The highest BCUT2D eigenvalue weighted by atomic mass is 16.6. The van der Waals surface area contributed by atoms with Gasteiger partial charge < -0.3 is 4.90 Å². The Morgan fingerprint density at radius 3 is 3.00 bits per heavy atom. The number of rotatable bonds is 3. The standard InChI is InChI=1S/C12H18N2O/c1-3-14-7-9(2)11-5-4-10(8-15-13)6-12(11)14/h4-6,9H,3,7-8,13H2,1-2H3. The van der Waals surface area contributed by atoms with Crippen molar-refractivity contribution >= 4 is 5.69 Å². The number of likely N-dealkylation sites (N-methyl/N-ethyl adjacent to an activating group) is 1. The fraction of sp³-hybridized carbons (Fsp3) is 0.500. The minimum Gasteiger partial charge on any atom is -0.371 e. The van der Waals surface area contributed by atoms with Crippen LogP contribution >= 0.6 is 0 Å². The predicted molar refractivity (Wildman–Crippen MR) is 61.7 cm³/mol. The van der Waals surface area contributed by atoms with Crippen LogP contribution in [0.15, 0.2) is 18.2 Å². The summed E-state index contributed by atoms with van der Waals surface area (Å²) in [5.41, 5.74) is 3.93. The number of hydrogen-bond donors (Lipinski definition) is 1. The molecule has 1 aliphatic rings. The minimum absolute atomic E-state index is 0.485. The summed E-state index contributed by atoms with van der Waals surface area (Å²) >= 11 is 0.